The maximum Gasteiger partial charge on any atom is 0.0949 e. The van der Waals surface area contributed by atoms with Gasteiger partial charge in [0.05, 0.1) is 6.33 Å². The Morgan fingerprint density at radius 2 is 2.24 bits per heavy atom. The van der Waals surface area contributed by atoms with Gasteiger partial charge in [-0.15, -0.1) is 0 Å². The molecule has 0 amide bonds. The fourth-order valence-corrected chi connectivity index (χ4v) is 4.39. The Hall–Kier alpha value is -0.480. The van der Waals surface area contributed by atoms with Crippen LogP contribution in [0.15, 0.2) is 18.7 Å². The lowest BCUT2D eigenvalue weighted by Crippen LogP contribution is -2.43. The standard InChI is InChI=1S/C13H21N3S/c1-10-11(5-8-17-10)15-12-3-2-4-13(12)16-7-6-14-9-16/h6-7,9-13,15H,2-5,8H2,1H3. The van der Waals surface area contributed by atoms with Crippen LogP contribution in [-0.4, -0.2) is 32.6 Å². The summed E-state index contributed by atoms with van der Waals surface area (Å²) in [6.45, 7) is 2.36. The van der Waals surface area contributed by atoms with Gasteiger partial charge in [-0.3, -0.25) is 0 Å². The van der Waals surface area contributed by atoms with Crippen molar-refractivity contribution in [3.8, 4) is 0 Å². The molecular weight excluding hydrogens is 230 g/mol. The zero-order chi connectivity index (χ0) is 11.7. The van der Waals surface area contributed by atoms with Crippen molar-refractivity contribution >= 4 is 11.8 Å². The first kappa shape index (κ1) is 11.6. The molecule has 1 aromatic heterocycles. The van der Waals surface area contributed by atoms with Crippen molar-refractivity contribution in [1.82, 2.24) is 14.9 Å². The molecule has 3 rings (SSSR count). The van der Waals surface area contributed by atoms with E-state index in [9.17, 15) is 0 Å². The average Bonchev–Trinajstić information content (AvgIpc) is 3.02. The summed E-state index contributed by atoms with van der Waals surface area (Å²) < 4.78 is 2.29. The molecule has 1 N–H and O–H groups in total. The van der Waals surface area contributed by atoms with E-state index < -0.39 is 0 Å². The molecule has 0 aromatic carbocycles. The van der Waals surface area contributed by atoms with Crippen LogP contribution in [0.4, 0.5) is 0 Å². The van der Waals surface area contributed by atoms with Gasteiger partial charge in [0.25, 0.3) is 0 Å². The summed E-state index contributed by atoms with van der Waals surface area (Å²) in [6.07, 6.45) is 11.3. The van der Waals surface area contributed by atoms with E-state index in [1.54, 1.807) is 0 Å². The number of hydrogen-bond donors (Lipinski definition) is 1. The van der Waals surface area contributed by atoms with Crippen LogP contribution in [0, 0.1) is 0 Å². The average molecular weight is 251 g/mol. The van der Waals surface area contributed by atoms with E-state index in [2.05, 4.69) is 39.8 Å². The maximum atomic E-state index is 4.18. The molecule has 1 aliphatic heterocycles. The van der Waals surface area contributed by atoms with Gasteiger partial charge in [-0.05, 0) is 31.4 Å². The van der Waals surface area contributed by atoms with Crippen molar-refractivity contribution in [2.75, 3.05) is 5.75 Å². The van der Waals surface area contributed by atoms with E-state index in [0.29, 0.717) is 18.1 Å². The highest BCUT2D eigenvalue weighted by molar-refractivity contribution is 8.00. The molecule has 17 heavy (non-hydrogen) atoms. The zero-order valence-corrected chi connectivity index (χ0v) is 11.2. The lowest BCUT2D eigenvalue weighted by atomic mass is 10.1. The number of thioether (sulfide) groups is 1. The van der Waals surface area contributed by atoms with Gasteiger partial charge in [0, 0.05) is 35.8 Å². The van der Waals surface area contributed by atoms with Gasteiger partial charge in [-0.2, -0.15) is 11.8 Å². The second-order valence-corrected chi connectivity index (χ2v) is 6.74. The van der Waals surface area contributed by atoms with Crippen molar-refractivity contribution in [2.24, 2.45) is 0 Å². The third-order valence-corrected chi connectivity index (χ3v) is 5.52. The van der Waals surface area contributed by atoms with Gasteiger partial charge in [0.1, 0.15) is 0 Å². The molecule has 2 fully saturated rings. The fraction of sp³-hybridized carbons (Fsp3) is 0.769. The molecular formula is C13H21N3S. The number of nitrogens with zero attached hydrogens (tertiary/aromatic N) is 2. The maximum absolute atomic E-state index is 4.18. The molecule has 1 saturated carbocycles. The van der Waals surface area contributed by atoms with Crippen LogP contribution >= 0.6 is 11.8 Å². The Kier molecular flexibility index (Phi) is 3.43. The first-order valence-corrected chi connectivity index (χ1v) is 7.74. The minimum Gasteiger partial charge on any atom is -0.333 e. The number of nitrogens with one attached hydrogen (secondary N) is 1. The SMILES string of the molecule is CC1SCCC1NC1CCCC1n1ccnc1. The summed E-state index contributed by atoms with van der Waals surface area (Å²) in [4.78, 5) is 4.18. The summed E-state index contributed by atoms with van der Waals surface area (Å²) in [5.41, 5.74) is 0. The zero-order valence-electron chi connectivity index (χ0n) is 10.4. The van der Waals surface area contributed by atoms with Crippen LogP contribution < -0.4 is 5.32 Å². The van der Waals surface area contributed by atoms with Gasteiger partial charge in [-0.25, -0.2) is 4.98 Å². The van der Waals surface area contributed by atoms with Crippen molar-refractivity contribution in [1.29, 1.82) is 0 Å². The monoisotopic (exact) mass is 251 g/mol. The molecule has 2 heterocycles. The van der Waals surface area contributed by atoms with Crippen LogP contribution in [-0.2, 0) is 0 Å². The molecule has 0 spiro atoms. The first-order valence-electron chi connectivity index (χ1n) is 6.69. The number of rotatable bonds is 3. The predicted octanol–water partition coefficient (Wildman–Crippen LogP) is 2.46. The molecule has 1 saturated heterocycles. The molecule has 4 atom stereocenters. The molecule has 94 valence electrons. The second kappa shape index (κ2) is 5.02. The smallest absolute Gasteiger partial charge is 0.0949 e. The van der Waals surface area contributed by atoms with Crippen LogP contribution in [0.1, 0.15) is 38.6 Å². The number of hydrogen-bond acceptors (Lipinski definition) is 3. The van der Waals surface area contributed by atoms with E-state index in [-0.39, 0.29) is 0 Å². The van der Waals surface area contributed by atoms with Gasteiger partial charge >= 0.3 is 0 Å². The Balaban J connectivity index is 1.66. The number of aromatic nitrogens is 2. The summed E-state index contributed by atoms with van der Waals surface area (Å²) in [5, 5.41) is 4.67. The quantitative estimate of drug-likeness (QED) is 0.895. The normalized spacial score (nSPS) is 37.7. The van der Waals surface area contributed by atoms with Crippen molar-refractivity contribution in [2.45, 2.75) is 56.0 Å². The topological polar surface area (TPSA) is 29.9 Å². The van der Waals surface area contributed by atoms with Gasteiger partial charge in [0.15, 0.2) is 0 Å². The summed E-state index contributed by atoms with van der Waals surface area (Å²) in [7, 11) is 0. The first-order chi connectivity index (χ1) is 8.34. The van der Waals surface area contributed by atoms with E-state index in [4.69, 9.17) is 0 Å². The van der Waals surface area contributed by atoms with E-state index >= 15 is 0 Å². The number of imidazole rings is 1. The minimum atomic E-state index is 0.621. The molecule has 1 aromatic rings. The highest BCUT2D eigenvalue weighted by Crippen LogP contribution is 2.33. The van der Waals surface area contributed by atoms with E-state index in [1.807, 2.05) is 12.5 Å². The Morgan fingerprint density at radius 1 is 1.29 bits per heavy atom. The lowest BCUT2D eigenvalue weighted by Gasteiger charge is -2.27. The molecule has 1 aliphatic carbocycles. The van der Waals surface area contributed by atoms with Crippen molar-refractivity contribution < 1.29 is 0 Å². The summed E-state index contributed by atoms with van der Waals surface area (Å²) in [5.74, 6) is 1.32. The largest absolute Gasteiger partial charge is 0.333 e. The molecule has 0 bridgehead atoms. The third-order valence-electron chi connectivity index (χ3n) is 4.19. The van der Waals surface area contributed by atoms with Gasteiger partial charge in [0.2, 0.25) is 0 Å². The van der Waals surface area contributed by atoms with Crippen molar-refractivity contribution in [3.63, 3.8) is 0 Å². The molecule has 4 unspecified atom stereocenters. The van der Waals surface area contributed by atoms with Crippen LogP contribution in [0.5, 0.6) is 0 Å². The van der Waals surface area contributed by atoms with Gasteiger partial charge < -0.3 is 9.88 Å². The van der Waals surface area contributed by atoms with Crippen LogP contribution in [0.3, 0.4) is 0 Å². The molecule has 3 nitrogen and oxygen atoms in total. The Morgan fingerprint density at radius 3 is 2.94 bits per heavy atom. The Labute approximate surface area is 107 Å². The van der Waals surface area contributed by atoms with Gasteiger partial charge in [-0.1, -0.05) is 6.92 Å². The summed E-state index contributed by atoms with van der Waals surface area (Å²) >= 11 is 2.11. The highest BCUT2D eigenvalue weighted by Gasteiger charge is 2.33. The predicted molar refractivity (Wildman–Crippen MR) is 72.4 cm³/mol. The highest BCUT2D eigenvalue weighted by atomic mass is 32.2. The summed E-state index contributed by atoms with van der Waals surface area (Å²) in [6, 6.07) is 1.99. The molecule has 4 heteroatoms. The minimum absolute atomic E-state index is 0.621. The fourth-order valence-electron chi connectivity index (χ4n) is 3.18. The van der Waals surface area contributed by atoms with Crippen molar-refractivity contribution in [3.05, 3.63) is 18.7 Å². The van der Waals surface area contributed by atoms with E-state index in [1.165, 1.54) is 31.4 Å². The Bertz CT molecular complexity index is 352. The lowest BCUT2D eigenvalue weighted by molar-refractivity contribution is 0.349. The molecule has 2 aliphatic rings. The molecule has 0 radical (unpaired) electrons. The van der Waals surface area contributed by atoms with Crippen LogP contribution in [0.25, 0.3) is 0 Å². The van der Waals surface area contributed by atoms with E-state index in [0.717, 1.165) is 5.25 Å². The second-order valence-electron chi connectivity index (χ2n) is 5.25. The van der Waals surface area contributed by atoms with Crippen LogP contribution in [0.2, 0.25) is 0 Å². The third kappa shape index (κ3) is 2.38.